The number of hydrogen-bond donors (Lipinski definition) is 1. The highest BCUT2D eigenvalue weighted by Gasteiger charge is 2.30. The standard InChI is InChI=1S/C18H17N5OS3/c1-9-10(2)27-17-14(9)16(24)19-13(20-17)8-26-18-22-21-15(12-4-3-7-25-12)23(18)11-5-6-11/h3-4,7,11H,5-6,8H2,1-2H3,(H,19,20,24). The molecule has 1 aliphatic rings. The second kappa shape index (κ2) is 6.57. The van der Waals surface area contributed by atoms with E-state index < -0.39 is 0 Å². The lowest BCUT2D eigenvalue weighted by Crippen LogP contribution is -2.11. The summed E-state index contributed by atoms with van der Waals surface area (Å²) in [5.41, 5.74) is 0.970. The van der Waals surface area contributed by atoms with Crippen molar-refractivity contribution < 1.29 is 0 Å². The van der Waals surface area contributed by atoms with Crippen LogP contribution in [0.2, 0.25) is 0 Å². The van der Waals surface area contributed by atoms with Crippen molar-refractivity contribution in [1.29, 1.82) is 0 Å². The zero-order valence-electron chi connectivity index (χ0n) is 14.9. The van der Waals surface area contributed by atoms with E-state index in [4.69, 9.17) is 0 Å². The van der Waals surface area contributed by atoms with Gasteiger partial charge in [0.1, 0.15) is 10.7 Å². The van der Waals surface area contributed by atoms with Crippen LogP contribution < -0.4 is 5.56 Å². The van der Waals surface area contributed by atoms with E-state index in [-0.39, 0.29) is 5.56 Å². The fourth-order valence-electron chi connectivity index (χ4n) is 3.11. The Bertz CT molecular complexity index is 1180. The first-order valence-electron chi connectivity index (χ1n) is 8.72. The van der Waals surface area contributed by atoms with Gasteiger partial charge in [-0.15, -0.1) is 32.9 Å². The van der Waals surface area contributed by atoms with Gasteiger partial charge in [-0.2, -0.15) is 0 Å². The number of thiophene rings is 2. The summed E-state index contributed by atoms with van der Waals surface area (Å²) in [6.45, 7) is 4.00. The van der Waals surface area contributed by atoms with Crippen molar-refractivity contribution >= 4 is 44.7 Å². The number of aryl methyl sites for hydroxylation is 2. The molecule has 5 rings (SSSR count). The second-order valence-corrected chi connectivity index (χ2v) is 9.74. The van der Waals surface area contributed by atoms with E-state index in [2.05, 4.69) is 36.2 Å². The molecule has 138 valence electrons. The van der Waals surface area contributed by atoms with Gasteiger partial charge in [0.15, 0.2) is 11.0 Å². The third-order valence-corrected chi connectivity index (χ3v) is 7.67. The van der Waals surface area contributed by atoms with Crippen LogP contribution in [-0.2, 0) is 5.75 Å². The van der Waals surface area contributed by atoms with Crippen LogP contribution in [0.4, 0.5) is 0 Å². The summed E-state index contributed by atoms with van der Waals surface area (Å²) in [5.74, 6) is 2.19. The normalized spacial score (nSPS) is 14.3. The highest BCUT2D eigenvalue weighted by Crippen LogP contribution is 2.42. The lowest BCUT2D eigenvalue weighted by Gasteiger charge is -2.07. The third kappa shape index (κ3) is 3.03. The van der Waals surface area contributed by atoms with Crippen LogP contribution >= 0.6 is 34.4 Å². The van der Waals surface area contributed by atoms with Crippen molar-refractivity contribution in [1.82, 2.24) is 24.7 Å². The zero-order chi connectivity index (χ0) is 18.5. The van der Waals surface area contributed by atoms with Gasteiger partial charge in [0.05, 0.1) is 16.0 Å². The molecule has 0 aliphatic heterocycles. The van der Waals surface area contributed by atoms with Gasteiger partial charge in [0.2, 0.25) is 0 Å². The molecule has 6 nitrogen and oxygen atoms in total. The van der Waals surface area contributed by atoms with E-state index in [1.807, 2.05) is 19.9 Å². The molecule has 0 bridgehead atoms. The minimum absolute atomic E-state index is 0.0552. The molecule has 4 heterocycles. The first-order chi connectivity index (χ1) is 13.1. The van der Waals surface area contributed by atoms with Crippen molar-refractivity contribution in [3.05, 3.63) is 44.1 Å². The molecule has 0 atom stereocenters. The average molecular weight is 416 g/mol. The zero-order valence-corrected chi connectivity index (χ0v) is 17.3. The summed E-state index contributed by atoms with van der Waals surface area (Å²) in [4.78, 5) is 23.2. The smallest absolute Gasteiger partial charge is 0.259 e. The van der Waals surface area contributed by atoms with Crippen LogP contribution in [0.3, 0.4) is 0 Å². The molecule has 0 unspecified atom stereocenters. The summed E-state index contributed by atoms with van der Waals surface area (Å²) in [5, 5.41) is 12.5. The summed E-state index contributed by atoms with van der Waals surface area (Å²) >= 11 is 4.84. The number of H-pyrrole nitrogens is 1. The van der Waals surface area contributed by atoms with Crippen LogP contribution in [0.15, 0.2) is 27.5 Å². The molecule has 0 saturated heterocycles. The first kappa shape index (κ1) is 17.2. The number of rotatable bonds is 5. The highest BCUT2D eigenvalue weighted by molar-refractivity contribution is 7.98. The molecule has 1 fully saturated rings. The molecule has 9 heteroatoms. The molecule has 1 aliphatic carbocycles. The maximum absolute atomic E-state index is 12.5. The number of nitrogens with one attached hydrogen (secondary N) is 1. The Kier molecular flexibility index (Phi) is 4.18. The van der Waals surface area contributed by atoms with Crippen LogP contribution in [0.1, 0.15) is 35.1 Å². The molecule has 27 heavy (non-hydrogen) atoms. The van der Waals surface area contributed by atoms with Gasteiger partial charge in [-0.3, -0.25) is 9.36 Å². The molecule has 4 aromatic rings. The summed E-state index contributed by atoms with van der Waals surface area (Å²) in [7, 11) is 0. The van der Waals surface area contributed by atoms with Crippen LogP contribution in [-0.4, -0.2) is 24.7 Å². The van der Waals surface area contributed by atoms with Gasteiger partial charge in [-0.05, 0) is 43.7 Å². The Morgan fingerprint density at radius 3 is 2.93 bits per heavy atom. The third-order valence-electron chi connectivity index (χ3n) is 4.74. The van der Waals surface area contributed by atoms with Crippen molar-refractivity contribution in [2.24, 2.45) is 0 Å². The van der Waals surface area contributed by atoms with Gasteiger partial charge in [-0.25, -0.2) is 4.98 Å². The fraction of sp³-hybridized carbons (Fsp3) is 0.333. The van der Waals surface area contributed by atoms with E-state index in [0.29, 0.717) is 23.0 Å². The lowest BCUT2D eigenvalue weighted by molar-refractivity contribution is 0.669. The topological polar surface area (TPSA) is 76.5 Å². The van der Waals surface area contributed by atoms with Crippen molar-refractivity contribution in [3.63, 3.8) is 0 Å². The number of fused-ring (bicyclic) bond motifs is 1. The minimum atomic E-state index is -0.0552. The van der Waals surface area contributed by atoms with E-state index in [0.717, 1.165) is 31.1 Å². The molecule has 4 aromatic heterocycles. The summed E-state index contributed by atoms with van der Waals surface area (Å²) < 4.78 is 2.24. The Labute approximate surface area is 167 Å². The molecule has 0 amide bonds. The predicted octanol–water partition coefficient (Wildman–Crippen LogP) is 4.55. The van der Waals surface area contributed by atoms with Gasteiger partial charge < -0.3 is 4.98 Å². The molecule has 1 N–H and O–H groups in total. The summed E-state index contributed by atoms with van der Waals surface area (Å²) in [6.07, 6.45) is 2.33. The number of aromatic amines is 1. The number of aromatic nitrogens is 5. The lowest BCUT2D eigenvalue weighted by atomic mass is 10.2. The fourth-order valence-corrected chi connectivity index (χ4v) is 5.74. The number of hydrogen-bond acceptors (Lipinski definition) is 7. The molecule has 0 radical (unpaired) electrons. The van der Waals surface area contributed by atoms with Crippen LogP contribution in [0.5, 0.6) is 0 Å². The van der Waals surface area contributed by atoms with Crippen molar-refractivity contribution in [2.75, 3.05) is 0 Å². The maximum atomic E-state index is 12.5. The Morgan fingerprint density at radius 2 is 2.19 bits per heavy atom. The molecular weight excluding hydrogens is 398 g/mol. The first-order valence-corrected chi connectivity index (χ1v) is 11.4. The van der Waals surface area contributed by atoms with Gasteiger partial charge in [-0.1, -0.05) is 17.8 Å². The van der Waals surface area contributed by atoms with E-state index in [1.54, 1.807) is 34.4 Å². The maximum Gasteiger partial charge on any atom is 0.259 e. The highest BCUT2D eigenvalue weighted by atomic mass is 32.2. The summed E-state index contributed by atoms with van der Waals surface area (Å²) in [6, 6.07) is 4.60. The van der Waals surface area contributed by atoms with E-state index in [1.165, 1.54) is 12.8 Å². The Morgan fingerprint density at radius 1 is 1.33 bits per heavy atom. The predicted molar refractivity (Wildman–Crippen MR) is 111 cm³/mol. The molecule has 0 spiro atoms. The van der Waals surface area contributed by atoms with Gasteiger partial charge >= 0.3 is 0 Å². The van der Waals surface area contributed by atoms with Gasteiger partial charge in [0.25, 0.3) is 5.56 Å². The minimum Gasteiger partial charge on any atom is -0.309 e. The average Bonchev–Trinajstić information content (AvgIpc) is 3.05. The molecular formula is C18H17N5OS3. The SMILES string of the molecule is Cc1sc2nc(CSc3nnc(-c4cccs4)n3C3CC3)[nH]c(=O)c2c1C. The largest absolute Gasteiger partial charge is 0.309 e. The monoisotopic (exact) mass is 415 g/mol. The van der Waals surface area contributed by atoms with E-state index >= 15 is 0 Å². The quantitative estimate of drug-likeness (QED) is 0.484. The Balaban J connectivity index is 1.45. The van der Waals surface area contributed by atoms with Gasteiger partial charge in [0, 0.05) is 10.9 Å². The number of thioether (sulfide) groups is 1. The second-order valence-electron chi connectivity index (χ2n) is 6.65. The molecule has 1 saturated carbocycles. The van der Waals surface area contributed by atoms with Crippen LogP contribution in [0.25, 0.3) is 20.9 Å². The van der Waals surface area contributed by atoms with Crippen molar-refractivity contribution in [2.45, 2.75) is 43.6 Å². The van der Waals surface area contributed by atoms with Crippen molar-refractivity contribution in [3.8, 4) is 10.7 Å². The van der Waals surface area contributed by atoms with Crippen LogP contribution in [0, 0.1) is 13.8 Å². The number of nitrogens with zero attached hydrogens (tertiary/aromatic N) is 4. The Hall–Kier alpha value is -1.97. The molecule has 0 aromatic carbocycles. The van der Waals surface area contributed by atoms with E-state index in [9.17, 15) is 4.79 Å².